The zero-order valence-electron chi connectivity index (χ0n) is 11.6. The molecule has 0 aliphatic heterocycles. The lowest BCUT2D eigenvalue weighted by atomic mass is 10.1. The lowest BCUT2D eigenvalue weighted by Crippen LogP contribution is -2.19. The third kappa shape index (κ3) is 5.10. The minimum Gasteiger partial charge on any atom is -0.478 e. The van der Waals surface area contributed by atoms with Gasteiger partial charge in [0.1, 0.15) is 6.10 Å². The fourth-order valence-corrected chi connectivity index (χ4v) is 1.54. The number of carboxylic acid groups (broad SMARTS) is 1. The summed E-state index contributed by atoms with van der Waals surface area (Å²) in [6, 6.07) is 5.80. The maximum atomic E-state index is 11.9. The van der Waals surface area contributed by atoms with Gasteiger partial charge in [-0.2, -0.15) is 0 Å². The van der Waals surface area contributed by atoms with Crippen LogP contribution >= 0.6 is 0 Å². The molecule has 1 rings (SSSR count). The number of carboxylic acids is 1. The summed E-state index contributed by atoms with van der Waals surface area (Å²) in [7, 11) is 0. The van der Waals surface area contributed by atoms with Crippen LogP contribution in [0.15, 0.2) is 36.9 Å². The summed E-state index contributed by atoms with van der Waals surface area (Å²) in [6.45, 7) is 4.97. The predicted octanol–water partition coefficient (Wildman–Crippen LogP) is 2.05. The van der Waals surface area contributed by atoms with Crippen molar-refractivity contribution in [2.45, 2.75) is 19.4 Å². The maximum Gasteiger partial charge on any atom is 0.339 e. The first-order valence-electron chi connectivity index (χ1n) is 6.28. The number of benzene rings is 1. The molecule has 0 aromatic heterocycles. The molecule has 0 spiro atoms. The minimum atomic E-state index is -1.20. The Labute approximate surface area is 122 Å². The molecule has 0 radical (unpaired) electrons. The van der Waals surface area contributed by atoms with Crippen LogP contribution in [0.1, 0.15) is 34.1 Å². The molecule has 21 heavy (non-hydrogen) atoms. The van der Waals surface area contributed by atoms with Gasteiger partial charge in [0, 0.05) is 12.5 Å². The maximum absolute atomic E-state index is 11.9. The number of carbonyl (C=O) groups is 3. The normalized spacial score (nSPS) is 11.3. The number of carbonyl (C=O) groups excluding carboxylic acids is 2. The number of hydrogen-bond acceptors (Lipinski definition) is 5. The fraction of sp³-hybridized carbons (Fsp3) is 0.267. The topological polar surface area (TPSA) is 89.9 Å². The van der Waals surface area contributed by atoms with Gasteiger partial charge < -0.3 is 14.6 Å². The average molecular weight is 292 g/mol. The monoisotopic (exact) mass is 292 g/mol. The van der Waals surface area contributed by atoms with Gasteiger partial charge in [-0.05, 0) is 19.1 Å². The number of esters is 2. The lowest BCUT2D eigenvalue weighted by Gasteiger charge is -2.14. The van der Waals surface area contributed by atoms with Crippen LogP contribution in [0.2, 0.25) is 0 Å². The van der Waals surface area contributed by atoms with Gasteiger partial charge in [0.2, 0.25) is 0 Å². The molecule has 0 saturated carbocycles. The van der Waals surface area contributed by atoms with Crippen LogP contribution in [0.4, 0.5) is 0 Å². The second-order valence-corrected chi connectivity index (χ2v) is 4.23. The summed E-state index contributed by atoms with van der Waals surface area (Å²) in [4.78, 5) is 33.8. The van der Waals surface area contributed by atoms with E-state index in [0.29, 0.717) is 6.42 Å². The second-order valence-electron chi connectivity index (χ2n) is 4.23. The van der Waals surface area contributed by atoms with Gasteiger partial charge in [0.15, 0.2) is 0 Å². The Hall–Kier alpha value is -2.63. The number of hydrogen-bond donors (Lipinski definition) is 1. The molecular weight excluding hydrogens is 276 g/mol. The van der Waals surface area contributed by atoms with Gasteiger partial charge in [-0.15, -0.1) is 0 Å². The third-order valence-electron chi connectivity index (χ3n) is 2.62. The van der Waals surface area contributed by atoms with Gasteiger partial charge in [0.05, 0.1) is 17.7 Å². The van der Waals surface area contributed by atoms with Crippen LogP contribution in [0.25, 0.3) is 0 Å². The van der Waals surface area contributed by atoms with Crippen LogP contribution in [-0.4, -0.2) is 35.7 Å². The molecule has 6 nitrogen and oxygen atoms in total. The van der Waals surface area contributed by atoms with E-state index in [0.717, 1.165) is 6.08 Å². The van der Waals surface area contributed by atoms with Crippen LogP contribution in [0.3, 0.4) is 0 Å². The van der Waals surface area contributed by atoms with Crippen LogP contribution in [-0.2, 0) is 14.3 Å². The van der Waals surface area contributed by atoms with E-state index in [4.69, 9.17) is 14.6 Å². The highest BCUT2D eigenvalue weighted by Crippen LogP contribution is 2.12. The van der Waals surface area contributed by atoms with Crippen molar-refractivity contribution in [3.05, 3.63) is 48.0 Å². The van der Waals surface area contributed by atoms with Crippen molar-refractivity contribution >= 4 is 17.9 Å². The van der Waals surface area contributed by atoms with Crippen molar-refractivity contribution in [2.24, 2.45) is 0 Å². The Balaban J connectivity index is 2.59. The standard InChI is InChI=1S/C15H16O6/c1-3-13(16)20-9-8-10(2)21-15(19)12-7-5-4-6-11(12)14(17)18/h3-7,10H,1,8-9H2,2H3,(H,17,18). The van der Waals surface area contributed by atoms with E-state index in [9.17, 15) is 14.4 Å². The fourth-order valence-electron chi connectivity index (χ4n) is 1.54. The summed E-state index contributed by atoms with van der Waals surface area (Å²) in [5.74, 6) is -2.48. The summed E-state index contributed by atoms with van der Waals surface area (Å²) >= 11 is 0. The zero-order chi connectivity index (χ0) is 15.8. The van der Waals surface area contributed by atoms with Crippen molar-refractivity contribution in [2.75, 3.05) is 6.61 Å². The molecule has 0 bridgehead atoms. The molecule has 1 atom stereocenters. The van der Waals surface area contributed by atoms with Crippen molar-refractivity contribution < 1.29 is 29.0 Å². The third-order valence-corrected chi connectivity index (χ3v) is 2.62. The molecule has 1 N–H and O–H groups in total. The van der Waals surface area contributed by atoms with Gasteiger partial charge in [-0.1, -0.05) is 18.7 Å². The van der Waals surface area contributed by atoms with Crippen molar-refractivity contribution in [1.29, 1.82) is 0 Å². The van der Waals surface area contributed by atoms with E-state index in [-0.39, 0.29) is 17.7 Å². The Morgan fingerprint density at radius 1 is 1.29 bits per heavy atom. The first-order chi connectivity index (χ1) is 9.95. The molecular formula is C15H16O6. The Bertz CT molecular complexity index is 549. The summed E-state index contributed by atoms with van der Waals surface area (Å²) in [5, 5.41) is 9.00. The van der Waals surface area contributed by atoms with Gasteiger partial charge in [0.25, 0.3) is 0 Å². The van der Waals surface area contributed by atoms with E-state index in [1.54, 1.807) is 13.0 Å². The number of aromatic carboxylic acids is 1. The molecule has 1 aromatic rings. The molecule has 1 unspecified atom stereocenters. The second kappa shape index (κ2) is 7.84. The number of ether oxygens (including phenoxy) is 2. The van der Waals surface area contributed by atoms with Crippen molar-refractivity contribution in [1.82, 2.24) is 0 Å². The summed E-state index contributed by atoms with van der Waals surface area (Å²) < 4.78 is 9.89. The SMILES string of the molecule is C=CC(=O)OCCC(C)OC(=O)c1ccccc1C(=O)O. The van der Waals surface area contributed by atoms with Crippen molar-refractivity contribution in [3.8, 4) is 0 Å². The molecule has 0 saturated heterocycles. The van der Waals surface area contributed by atoms with Gasteiger partial charge in [-0.25, -0.2) is 14.4 Å². The Morgan fingerprint density at radius 2 is 1.90 bits per heavy atom. The first kappa shape index (κ1) is 16.4. The van der Waals surface area contributed by atoms with Crippen LogP contribution in [0, 0.1) is 0 Å². The Kier molecular flexibility index (Phi) is 6.13. The van der Waals surface area contributed by atoms with E-state index in [2.05, 4.69) is 6.58 Å². The molecule has 1 aromatic carbocycles. The molecule has 112 valence electrons. The molecule has 0 aliphatic rings. The smallest absolute Gasteiger partial charge is 0.339 e. The highest BCUT2D eigenvalue weighted by atomic mass is 16.6. The van der Waals surface area contributed by atoms with Crippen molar-refractivity contribution in [3.63, 3.8) is 0 Å². The van der Waals surface area contributed by atoms with Crippen LogP contribution < -0.4 is 0 Å². The quantitative estimate of drug-likeness (QED) is 0.611. The molecule has 0 heterocycles. The summed E-state index contributed by atoms with van der Waals surface area (Å²) in [6.07, 6.45) is 0.831. The molecule has 6 heteroatoms. The van der Waals surface area contributed by atoms with E-state index in [1.807, 2.05) is 0 Å². The molecule has 0 fully saturated rings. The highest BCUT2D eigenvalue weighted by Gasteiger charge is 2.19. The minimum absolute atomic E-state index is 0.0139. The summed E-state index contributed by atoms with van der Waals surface area (Å²) in [5.41, 5.74) is -0.132. The average Bonchev–Trinajstić information content (AvgIpc) is 2.46. The Morgan fingerprint density at radius 3 is 2.48 bits per heavy atom. The first-order valence-corrected chi connectivity index (χ1v) is 6.28. The zero-order valence-corrected chi connectivity index (χ0v) is 11.6. The molecule has 0 amide bonds. The van der Waals surface area contributed by atoms with Gasteiger partial charge >= 0.3 is 17.9 Å². The number of rotatable bonds is 7. The lowest BCUT2D eigenvalue weighted by molar-refractivity contribution is -0.138. The predicted molar refractivity (Wildman–Crippen MR) is 74.1 cm³/mol. The highest BCUT2D eigenvalue weighted by molar-refractivity contribution is 6.02. The van der Waals surface area contributed by atoms with Crippen LogP contribution in [0.5, 0.6) is 0 Å². The van der Waals surface area contributed by atoms with E-state index in [1.165, 1.54) is 18.2 Å². The largest absolute Gasteiger partial charge is 0.478 e. The van der Waals surface area contributed by atoms with Gasteiger partial charge in [-0.3, -0.25) is 0 Å². The molecule has 0 aliphatic carbocycles. The van der Waals surface area contributed by atoms with E-state index >= 15 is 0 Å². The van der Waals surface area contributed by atoms with E-state index < -0.39 is 24.0 Å².